The van der Waals surface area contributed by atoms with Gasteiger partial charge < -0.3 is 19.9 Å². The Bertz CT molecular complexity index is 1070. The van der Waals surface area contributed by atoms with Gasteiger partial charge in [-0.2, -0.15) is 0 Å². The zero-order valence-corrected chi connectivity index (χ0v) is 19.4. The Morgan fingerprint density at radius 3 is 2.69 bits per heavy atom. The van der Waals surface area contributed by atoms with Crippen LogP contribution in [0, 0.1) is 12.8 Å². The Balaban J connectivity index is 1.61. The van der Waals surface area contributed by atoms with Crippen LogP contribution in [0.25, 0.3) is 10.9 Å². The maximum absolute atomic E-state index is 13.3. The predicted octanol–water partition coefficient (Wildman–Crippen LogP) is 3.94. The lowest BCUT2D eigenvalue weighted by Gasteiger charge is -2.28. The number of carbonyl (C=O) groups is 1. The van der Waals surface area contributed by atoms with E-state index in [1.54, 1.807) is 7.11 Å². The normalized spacial score (nSPS) is 19.6. The molecular formula is C25H33N5O2. The van der Waals surface area contributed by atoms with Crippen molar-refractivity contribution in [2.45, 2.75) is 51.2 Å². The number of hydrogen-bond donors (Lipinski definition) is 2. The van der Waals surface area contributed by atoms with Crippen LogP contribution in [-0.4, -0.2) is 48.2 Å². The summed E-state index contributed by atoms with van der Waals surface area (Å²) in [6.07, 6.45) is 6.54. The van der Waals surface area contributed by atoms with Crippen LogP contribution < -0.4 is 10.2 Å². The van der Waals surface area contributed by atoms with Crippen molar-refractivity contribution in [2.75, 3.05) is 26.1 Å². The number of benzene rings is 1. The second-order valence-electron chi connectivity index (χ2n) is 8.93. The minimum atomic E-state index is -0.234. The van der Waals surface area contributed by atoms with Crippen LogP contribution in [0.3, 0.4) is 0 Å². The number of rotatable bonds is 7. The molecule has 0 saturated heterocycles. The van der Waals surface area contributed by atoms with Crippen molar-refractivity contribution in [1.29, 1.82) is 0 Å². The van der Waals surface area contributed by atoms with Crippen LogP contribution >= 0.6 is 0 Å². The highest BCUT2D eigenvalue weighted by molar-refractivity contribution is 5.83. The lowest BCUT2D eigenvalue weighted by atomic mass is 9.86. The topological polar surface area (TPSA) is 83.1 Å². The SMILES string of the molecule is COC1CCC(C(=O)N[C@H](Cc2c[nH]c3ccccc23)c2cc(N(C)C)nc(C)n2)CC1. The zero-order chi connectivity index (χ0) is 22.7. The van der Waals surface area contributed by atoms with Gasteiger partial charge >= 0.3 is 0 Å². The quantitative estimate of drug-likeness (QED) is 0.587. The molecule has 2 aromatic heterocycles. The van der Waals surface area contributed by atoms with E-state index in [0.717, 1.165) is 48.3 Å². The van der Waals surface area contributed by atoms with Crippen molar-refractivity contribution in [1.82, 2.24) is 20.3 Å². The van der Waals surface area contributed by atoms with Gasteiger partial charge in [-0.05, 0) is 44.2 Å². The third kappa shape index (κ3) is 4.93. The monoisotopic (exact) mass is 435 g/mol. The molecular weight excluding hydrogens is 402 g/mol. The molecule has 170 valence electrons. The maximum atomic E-state index is 13.3. The Kier molecular flexibility index (Phi) is 6.74. The first-order valence-electron chi connectivity index (χ1n) is 11.4. The number of anilines is 1. The highest BCUT2D eigenvalue weighted by Gasteiger charge is 2.29. The van der Waals surface area contributed by atoms with E-state index >= 15 is 0 Å². The van der Waals surface area contributed by atoms with Crippen molar-refractivity contribution in [3.63, 3.8) is 0 Å². The second kappa shape index (κ2) is 9.69. The lowest BCUT2D eigenvalue weighted by Crippen LogP contribution is -2.38. The zero-order valence-electron chi connectivity index (χ0n) is 19.4. The molecule has 0 aliphatic heterocycles. The number of ether oxygens (including phenoxy) is 1. The molecule has 7 heteroatoms. The van der Waals surface area contributed by atoms with Crippen molar-refractivity contribution in [2.24, 2.45) is 5.92 Å². The fourth-order valence-electron chi connectivity index (χ4n) is 4.58. The molecule has 1 amide bonds. The Morgan fingerprint density at radius 2 is 1.97 bits per heavy atom. The van der Waals surface area contributed by atoms with Crippen LogP contribution in [-0.2, 0) is 16.0 Å². The number of nitrogens with zero attached hydrogens (tertiary/aromatic N) is 3. The molecule has 1 fully saturated rings. The molecule has 0 radical (unpaired) electrons. The van der Waals surface area contributed by atoms with Crippen LogP contribution in [0.1, 0.15) is 48.8 Å². The number of methoxy groups -OCH3 is 1. The predicted molar refractivity (Wildman–Crippen MR) is 127 cm³/mol. The van der Waals surface area contributed by atoms with Gasteiger partial charge in [0.15, 0.2) is 0 Å². The molecule has 32 heavy (non-hydrogen) atoms. The molecule has 0 spiro atoms. The molecule has 4 rings (SSSR count). The van der Waals surface area contributed by atoms with E-state index in [4.69, 9.17) is 9.72 Å². The minimum absolute atomic E-state index is 0.0168. The smallest absolute Gasteiger partial charge is 0.223 e. The van der Waals surface area contributed by atoms with Crippen LogP contribution in [0.15, 0.2) is 36.5 Å². The number of carbonyl (C=O) groups excluding carboxylic acids is 1. The molecule has 0 bridgehead atoms. The largest absolute Gasteiger partial charge is 0.381 e. The van der Waals surface area contributed by atoms with E-state index in [1.807, 2.05) is 50.3 Å². The standard InChI is InChI=1S/C25H33N5O2/c1-16-27-23(14-24(28-16)30(2)3)22(13-18-15-26-21-8-6-5-7-20(18)21)29-25(31)17-9-11-19(32-4)12-10-17/h5-8,14-15,17,19,22,26H,9-13H2,1-4H3,(H,29,31)/t17?,19?,22-/m1/s1. The van der Waals surface area contributed by atoms with Gasteiger partial charge in [0.1, 0.15) is 11.6 Å². The number of hydrogen-bond acceptors (Lipinski definition) is 5. The van der Waals surface area contributed by atoms with Crippen molar-refractivity contribution >= 4 is 22.6 Å². The van der Waals surface area contributed by atoms with E-state index in [-0.39, 0.29) is 24.0 Å². The summed E-state index contributed by atoms with van der Waals surface area (Å²) < 4.78 is 5.47. The second-order valence-corrected chi connectivity index (χ2v) is 8.93. The fraction of sp³-hybridized carbons (Fsp3) is 0.480. The van der Waals surface area contributed by atoms with E-state index in [1.165, 1.54) is 5.39 Å². The van der Waals surface area contributed by atoms with E-state index < -0.39 is 0 Å². The molecule has 1 atom stereocenters. The molecule has 2 heterocycles. The van der Waals surface area contributed by atoms with E-state index in [9.17, 15) is 4.79 Å². The Hall–Kier alpha value is -2.93. The van der Waals surface area contributed by atoms with Crippen molar-refractivity contribution in [3.05, 3.63) is 53.6 Å². The third-order valence-corrected chi connectivity index (χ3v) is 6.45. The molecule has 2 N–H and O–H groups in total. The van der Waals surface area contributed by atoms with E-state index in [0.29, 0.717) is 12.2 Å². The van der Waals surface area contributed by atoms with Crippen molar-refractivity contribution in [3.8, 4) is 0 Å². The number of amides is 1. The van der Waals surface area contributed by atoms with Gasteiger partial charge in [-0.15, -0.1) is 0 Å². The average Bonchev–Trinajstić information content (AvgIpc) is 3.21. The number of nitrogens with one attached hydrogen (secondary N) is 2. The van der Waals surface area contributed by atoms with Gasteiger partial charge in [0.25, 0.3) is 0 Å². The van der Waals surface area contributed by atoms with Crippen LogP contribution in [0.5, 0.6) is 0 Å². The minimum Gasteiger partial charge on any atom is -0.381 e. The van der Waals surface area contributed by atoms with Crippen LogP contribution in [0.2, 0.25) is 0 Å². The fourth-order valence-corrected chi connectivity index (χ4v) is 4.58. The lowest BCUT2D eigenvalue weighted by molar-refractivity contribution is -0.127. The molecule has 7 nitrogen and oxygen atoms in total. The first-order valence-corrected chi connectivity index (χ1v) is 11.4. The number of fused-ring (bicyclic) bond motifs is 1. The summed E-state index contributed by atoms with van der Waals surface area (Å²) in [6, 6.07) is 9.99. The van der Waals surface area contributed by atoms with Crippen LogP contribution in [0.4, 0.5) is 5.82 Å². The summed E-state index contributed by atoms with van der Waals surface area (Å²) >= 11 is 0. The van der Waals surface area contributed by atoms with Gasteiger partial charge in [0, 0.05) is 56.7 Å². The molecule has 1 aromatic carbocycles. The Labute approximate surface area is 189 Å². The first kappa shape index (κ1) is 22.3. The van der Waals surface area contributed by atoms with Gasteiger partial charge in [0.2, 0.25) is 5.91 Å². The van der Waals surface area contributed by atoms with E-state index in [2.05, 4.69) is 27.4 Å². The summed E-state index contributed by atoms with van der Waals surface area (Å²) in [7, 11) is 5.68. The van der Waals surface area contributed by atoms with Gasteiger partial charge in [-0.1, -0.05) is 18.2 Å². The molecule has 1 aliphatic carbocycles. The number of aromatic nitrogens is 3. The maximum Gasteiger partial charge on any atom is 0.223 e. The molecule has 0 unspecified atom stereocenters. The summed E-state index contributed by atoms with van der Waals surface area (Å²) in [5.74, 6) is 1.66. The summed E-state index contributed by atoms with van der Waals surface area (Å²) in [4.78, 5) is 27.8. The van der Waals surface area contributed by atoms with Gasteiger partial charge in [0.05, 0.1) is 17.8 Å². The average molecular weight is 436 g/mol. The highest BCUT2D eigenvalue weighted by atomic mass is 16.5. The number of H-pyrrole nitrogens is 1. The first-order chi connectivity index (χ1) is 15.4. The van der Waals surface area contributed by atoms with Gasteiger partial charge in [-0.25, -0.2) is 9.97 Å². The third-order valence-electron chi connectivity index (χ3n) is 6.45. The summed E-state index contributed by atoms with van der Waals surface area (Å²) in [5, 5.41) is 4.50. The Morgan fingerprint density at radius 1 is 1.22 bits per heavy atom. The summed E-state index contributed by atoms with van der Waals surface area (Å²) in [5.41, 5.74) is 3.10. The molecule has 1 aliphatic rings. The molecule has 3 aromatic rings. The molecule has 1 saturated carbocycles. The summed E-state index contributed by atoms with van der Waals surface area (Å²) in [6.45, 7) is 1.90. The van der Waals surface area contributed by atoms with Crippen molar-refractivity contribution < 1.29 is 9.53 Å². The number of aryl methyl sites for hydroxylation is 1. The highest BCUT2D eigenvalue weighted by Crippen LogP contribution is 2.29. The number of aromatic amines is 1. The number of para-hydroxylation sites is 1. The van der Waals surface area contributed by atoms with Gasteiger partial charge in [-0.3, -0.25) is 4.79 Å².